The van der Waals surface area contributed by atoms with Crippen molar-refractivity contribution in [3.05, 3.63) is 0 Å². The van der Waals surface area contributed by atoms with Gasteiger partial charge in [0.05, 0.1) is 0 Å². The van der Waals surface area contributed by atoms with Crippen LogP contribution in [0.15, 0.2) is 0 Å². The van der Waals surface area contributed by atoms with Crippen molar-refractivity contribution in [2.75, 3.05) is 13.1 Å². The molecule has 0 aliphatic carbocycles. The van der Waals surface area contributed by atoms with Crippen molar-refractivity contribution >= 4 is 11.8 Å². The van der Waals surface area contributed by atoms with Crippen LogP contribution in [-0.4, -0.2) is 17.5 Å². The molecule has 0 aromatic heterocycles. The van der Waals surface area contributed by atoms with Crippen molar-refractivity contribution in [3.8, 4) is 0 Å². The fraction of sp³-hybridized carbons (Fsp3) is 1.00. The van der Waals surface area contributed by atoms with Crippen molar-refractivity contribution in [1.82, 2.24) is 4.42 Å². The average molecular weight is 134 g/mol. The Morgan fingerprint density at radius 3 is 1.88 bits per heavy atom. The topological polar surface area (TPSA) is 3.24 Å². The summed E-state index contributed by atoms with van der Waals surface area (Å²) in [6, 6.07) is 0. The van der Waals surface area contributed by atoms with E-state index in [4.69, 9.17) is 11.8 Å². The minimum Gasteiger partial charge on any atom is -0.220 e. The standard InChI is InChI=1S/C6H12ClN/c7-8-5-3-1-2-4-6-8/h1-6H2. The molecule has 0 unspecified atom stereocenters. The second kappa shape index (κ2) is 3.31. The Hall–Kier alpha value is 0.250. The molecular weight excluding hydrogens is 122 g/mol. The fourth-order valence-electron chi connectivity index (χ4n) is 1.03. The lowest BCUT2D eigenvalue weighted by atomic mass is 10.2. The predicted octanol–water partition coefficient (Wildman–Crippen LogP) is 2.02. The Balaban J connectivity index is 2.17. The smallest absolute Gasteiger partial charge is 0.0139 e. The summed E-state index contributed by atoms with van der Waals surface area (Å²) in [5.41, 5.74) is 0. The summed E-state index contributed by atoms with van der Waals surface area (Å²) in [5, 5.41) is 0. The van der Waals surface area contributed by atoms with E-state index in [9.17, 15) is 0 Å². The van der Waals surface area contributed by atoms with Crippen LogP contribution in [0.25, 0.3) is 0 Å². The minimum atomic E-state index is 1.08. The van der Waals surface area contributed by atoms with Crippen LogP contribution in [-0.2, 0) is 0 Å². The van der Waals surface area contributed by atoms with E-state index in [-0.39, 0.29) is 0 Å². The molecule has 1 heterocycles. The van der Waals surface area contributed by atoms with E-state index >= 15 is 0 Å². The molecule has 0 saturated carbocycles. The lowest BCUT2D eigenvalue weighted by Gasteiger charge is -2.06. The predicted molar refractivity (Wildman–Crippen MR) is 35.9 cm³/mol. The van der Waals surface area contributed by atoms with E-state index in [1.807, 2.05) is 4.42 Å². The summed E-state index contributed by atoms with van der Waals surface area (Å²) in [6.45, 7) is 2.17. The molecule has 48 valence electrons. The van der Waals surface area contributed by atoms with E-state index in [1.54, 1.807) is 0 Å². The molecule has 1 aliphatic rings. The van der Waals surface area contributed by atoms with Gasteiger partial charge in [-0.25, -0.2) is 4.42 Å². The van der Waals surface area contributed by atoms with Crippen LogP contribution in [0.5, 0.6) is 0 Å². The highest BCUT2D eigenvalue weighted by Crippen LogP contribution is 2.10. The van der Waals surface area contributed by atoms with Crippen LogP contribution in [0.2, 0.25) is 0 Å². The third kappa shape index (κ3) is 2.01. The van der Waals surface area contributed by atoms with Crippen molar-refractivity contribution in [2.45, 2.75) is 25.7 Å². The Kier molecular flexibility index (Phi) is 2.64. The van der Waals surface area contributed by atoms with E-state index in [0.717, 1.165) is 13.1 Å². The zero-order chi connectivity index (χ0) is 5.82. The number of halogens is 1. The quantitative estimate of drug-likeness (QED) is 0.457. The summed E-state index contributed by atoms with van der Waals surface area (Å²) in [4.78, 5) is 0. The maximum absolute atomic E-state index is 5.75. The molecular formula is C6H12ClN. The van der Waals surface area contributed by atoms with Crippen LogP contribution in [0.4, 0.5) is 0 Å². The van der Waals surface area contributed by atoms with Gasteiger partial charge in [0.1, 0.15) is 0 Å². The number of hydrogen-bond acceptors (Lipinski definition) is 1. The zero-order valence-electron chi connectivity index (χ0n) is 5.07. The molecule has 0 amide bonds. The Morgan fingerprint density at radius 2 is 1.38 bits per heavy atom. The Morgan fingerprint density at radius 1 is 0.875 bits per heavy atom. The Labute approximate surface area is 55.7 Å². The van der Waals surface area contributed by atoms with Gasteiger partial charge >= 0.3 is 0 Å². The SMILES string of the molecule is ClN1CCCCCC1. The van der Waals surface area contributed by atoms with E-state index in [2.05, 4.69) is 0 Å². The van der Waals surface area contributed by atoms with Crippen LogP contribution in [0.3, 0.4) is 0 Å². The third-order valence-corrected chi connectivity index (χ3v) is 1.89. The number of nitrogens with zero attached hydrogens (tertiary/aromatic N) is 1. The van der Waals surface area contributed by atoms with Crippen molar-refractivity contribution in [3.63, 3.8) is 0 Å². The highest BCUT2D eigenvalue weighted by atomic mass is 35.5. The summed E-state index contributed by atoms with van der Waals surface area (Å²) < 4.78 is 1.90. The molecule has 0 atom stereocenters. The van der Waals surface area contributed by atoms with E-state index in [0.29, 0.717) is 0 Å². The van der Waals surface area contributed by atoms with Gasteiger partial charge in [0.2, 0.25) is 0 Å². The van der Waals surface area contributed by atoms with Crippen LogP contribution in [0, 0.1) is 0 Å². The van der Waals surface area contributed by atoms with Gasteiger partial charge in [-0.2, -0.15) is 0 Å². The second-order valence-corrected chi connectivity index (χ2v) is 2.80. The summed E-state index contributed by atoms with van der Waals surface area (Å²) in [5.74, 6) is 0. The molecule has 0 bridgehead atoms. The van der Waals surface area contributed by atoms with Crippen LogP contribution < -0.4 is 0 Å². The van der Waals surface area contributed by atoms with Crippen LogP contribution >= 0.6 is 11.8 Å². The molecule has 0 radical (unpaired) electrons. The summed E-state index contributed by atoms with van der Waals surface area (Å²) >= 11 is 5.75. The number of rotatable bonds is 0. The first kappa shape index (κ1) is 6.37. The molecule has 2 heteroatoms. The maximum Gasteiger partial charge on any atom is 0.0139 e. The lowest BCUT2D eigenvalue weighted by molar-refractivity contribution is 0.473. The van der Waals surface area contributed by atoms with Gasteiger partial charge in [-0.15, -0.1) is 0 Å². The molecule has 1 saturated heterocycles. The highest BCUT2D eigenvalue weighted by molar-refractivity contribution is 6.13. The first-order chi connectivity index (χ1) is 3.89. The molecule has 0 aromatic rings. The van der Waals surface area contributed by atoms with Gasteiger partial charge in [-0.1, -0.05) is 12.8 Å². The summed E-state index contributed by atoms with van der Waals surface area (Å²) in [7, 11) is 0. The third-order valence-electron chi connectivity index (χ3n) is 1.55. The van der Waals surface area contributed by atoms with Crippen molar-refractivity contribution in [1.29, 1.82) is 0 Å². The van der Waals surface area contributed by atoms with Gasteiger partial charge in [-0.3, -0.25) is 0 Å². The Bertz CT molecular complexity index is 57.5. The van der Waals surface area contributed by atoms with Crippen molar-refractivity contribution in [2.24, 2.45) is 0 Å². The normalized spacial score (nSPS) is 25.1. The molecule has 1 nitrogen and oxygen atoms in total. The first-order valence-corrected chi connectivity index (χ1v) is 3.64. The molecule has 1 fully saturated rings. The van der Waals surface area contributed by atoms with Gasteiger partial charge in [0, 0.05) is 13.1 Å². The van der Waals surface area contributed by atoms with Crippen molar-refractivity contribution < 1.29 is 0 Å². The fourth-order valence-corrected chi connectivity index (χ4v) is 1.27. The second-order valence-electron chi connectivity index (χ2n) is 2.32. The van der Waals surface area contributed by atoms with Gasteiger partial charge in [0.15, 0.2) is 0 Å². The molecule has 1 rings (SSSR count). The average Bonchev–Trinajstić information content (AvgIpc) is 1.94. The molecule has 0 spiro atoms. The first-order valence-electron chi connectivity index (χ1n) is 3.30. The molecule has 1 aliphatic heterocycles. The minimum absolute atomic E-state index is 1.08. The zero-order valence-corrected chi connectivity index (χ0v) is 5.82. The van der Waals surface area contributed by atoms with Gasteiger partial charge in [0.25, 0.3) is 0 Å². The highest BCUT2D eigenvalue weighted by Gasteiger charge is 2.03. The molecule has 8 heavy (non-hydrogen) atoms. The monoisotopic (exact) mass is 133 g/mol. The molecule has 0 N–H and O–H groups in total. The number of hydrogen-bond donors (Lipinski definition) is 0. The largest absolute Gasteiger partial charge is 0.220 e. The van der Waals surface area contributed by atoms with Crippen LogP contribution in [0.1, 0.15) is 25.7 Å². The maximum atomic E-state index is 5.75. The van der Waals surface area contributed by atoms with Gasteiger partial charge < -0.3 is 0 Å². The van der Waals surface area contributed by atoms with Gasteiger partial charge in [-0.05, 0) is 24.6 Å². The van der Waals surface area contributed by atoms with E-state index in [1.165, 1.54) is 25.7 Å². The molecule has 0 aromatic carbocycles. The van der Waals surface area contributed by atoms with E-state index < -0.39 is 0 Å². The lowest BCUT2D eigenvalue weighted by Crippen LogP contribution is -2.11. The summed E-state index contributed by atoms with van der Waals surface area (Å²) in [6.07, 6.45) is 5.29.